The van der Waals surface area contributed by atoms with Crippen LogP contribution in [0.25, 0.3) is 22.2 Å². The molecule has 0 atom stereocenters. The van der Waals surface area contributed by atoms with E-state index >= 15 is 0 Å². The van der Waals surface area contributed by atoms with Gasteiger partial charge in [-0.05, 0) is 30.2 Å². The molecule has 0 aliphatic heterocycles. The molecule has 1 amide bonds. The molecule has 0 unspecified atom stereocenters. The number of hydrogen-bond acceptors (Lipinski definition) is 4. The van der Waals surface area contributed by atoms with Crippen LogP contribution < -0.4 is 11.1 Å². The number of benzene rings is 2. The van der Waals surface area contributed by atoms with E-state index in [2.05, 4.69) is 38.6 Å². The highest BCUT2D eigenvalue weighted by Gasteiger charge is 2.06. The predicted molar refractivity (Wildman–Crippen MR) is 106 cm³/mol. The van der Waals surface area contributed by atoms with Crippen molar-refractivity contribution >= 4 is 22.6 Å². The largest absolute Gasteiger partial charge is 0.368 e. The number of nitrogens with one attached hydrogen (secondary N) is 2. The number of nitrogens with two attached hydrogens (primary N) is 1. The van der Waals surface area contributed by atoms with Crippen molar-refractivity contribution in [1.82, 2.24) is 15.0 Å². The molecule has 0 saturated heterocycles. The van der Waals surface area contributed by atoms with Gasteiger partial charge in [0.1, 0.15) is 5.82 Å². The molecule has 4 rings (SSSR count). The Morgan fingerprint density at radius 3 is 2.70 bits per heavy atom. The van der Waals surface area contributed by atoms with E-state index in [1.54, 1.807) is 24.5 Å². The zero-order valence-electron chi connectivity index (χ0n) is 14.6. The molecule has 27 heavy (non-hydrogen) atoms. The van der Waals surface area contributed by atoms with E-state index in [1.165, 1.54) is 10.9 Å². The zero-order chi connectivity index (χ0) is 18.6. The van der Waals surface area contributed by atoms with Crippen LogP contribution in [-0.4, -0.2) is 27.4 Å². The molecule has 0 fully saturated rings. The van der Waals surface area contributed by atoms with E-state index in [1.807, 2.05) is 24.3 Å². The second kappa shape index (κ2) is 7.29. The highest BCUT2D eigenvalue weighted by atomic mass is 16.1. The van der Waals surface area contributed by atoms with E-state index in [0.717, 1.165) is 29.7 Å². The monoisotopic (exact) mass is 357 g/mol. The van der Waals surface area contributed by atoms with Crippen molar-refractivity contribution in [2.75, 3.05) is 11.9 Å². The topological polar surface area (TPSA) is 96.7 Å². The maximum absolute atomic E-state index is 11.2. The molecule has 0 radical (unpaired) electrons. The summed E-state index contributed by atoms with van der Waals surface area (Å²) < 4.78 is 0. The Balaban J connectivity index is 1.44. The number of rotatable bonds is 6. The Kier molecular flexibility index (Phi) is 4.53. The quantitative estimate of drug-likeness (QED) is 0.493. The second-order valence-electron chi connectivity index (χ2n) is 6.27. The van der Waals surface area contributed by atoms with Crippen LogP contribution >= 0.6 is 0 Å². The Labute approximate surface area is 156 Å². The van der Waals surface area contributed by atoms with Gasteiger partial charge in [-0.1, -0.05) is 30.3 Å². The summed E-state index contributed by atoms with van der Waals surface area (Å²) in [4.78, 5) is 23.3. The summed E-state index contributed by atoms with van der Waals surface area (Å²) in [6.07, 6.45) is 6.33. The Morgan fingerprint density at radius 1 is 1.07 bits per heavy atom. The summed E-state index contributed by atoms with van der Waals surface area (Å²) in [7, 11) is 0. The van der Waals surface area contributed by atoms with Crippen LogP contribution in [0.15, 0.2) is 67.1 Å². The first-order valence-corrected chi connectivity index (χ1v) is 8.72. The lowest BCUT2D eigenvalue weighted by Crippen LogP contribution is -2.10. The van der Waals surface area contributed by atoms with Crippen LogP contribution in [0.3, 0.4) is 0 Å². The van der Waals surface area contributed by atoms with Gasteiger partial charge in [0.15, 0.2) is 0 Å². The first-order valence-electron chi connectivity index (χ1n) is 8.72. The number of para-hydroxylation sites is 1. The number of nitrogens with zero attached hydrogens (tertiary/aromatic N) is 2. The number of carbonyl (C=O) groups is 1. The molecule has 6 nitrogen and oxygen atoms in total. The first-order chi connectivity index (χ1) is 13.2. The minimum Gasteiger partial charge on any atom is -0.368 e. The number of amides is 1. The molecule has 4 aromatic rings. The van der Waals surface area contributed by atoms with Crippen LogP contribution in [0, 0.1) is 0 Å². The lowest BCUT2D eigenvalue weighted by molar-refractivity contribution is 0.100. The Morgan fingerprint density at radius 2 is 1.89 bits per heavy atom. The third kappa shape index (κ3) is 3.64. The molecule has 134 valence electrons. The maximum Gasteiger partial charge on any atom is 0.248 e. The molecule has 2 heterocycles. The maximum atomic E-state index is 11.2. The van der Waals surface area contributed by atoms with Gasteiger partial charge in [0, 0.05) is 34.8 Å². The molecule has 0 aliphatic rings. The summed E-state index contributed by atoms with van der Waals surface area (Å²) >= 11 is 0. The summed E-state index contributed by atoms with van der Waals surface area (Å²) in [6.45, 7) is 0.751. The number of aromatic nitrogens is 3. The van der Waals surface area contributed by atoms with Crippen molar-refractivity contribution in [1.29, 1.82) is 0 Å². The summed E-state index contributed by atoms with van der Waals surface area (Å²) in [5.41, 5.74) is 9.79. The molecule has 0 bridgehead atoms. The Hall–Kier alpha value is -3.67. The average Bonchev–Trinajstić information content (AvgIpc) is 3.12. The minimum absolute atomic E-state index is 0.444. The highest BCUT2D eigenvalue weighted by molar-refractivity contribution is 5.93. The highest BCUT2D eigenvalue weighted by Crippen LogP contribution is 2.20. The lowest BCUT2D eigenvalue weighted by Gasteiger charge is -2.07. The van der Waals surface area contributed by atoms with E-state index in [4.69, 9.17) is 5.73 Å². The second-order valence-corrected chi connectivity index (χ2v) is 6.27. The minimum atomic E-state index is -0.444. The third-order valence-corrected chi connectivity index (χ3v) is 4.48. The lowest BCUT2D eigenvalue weighted by atomic mass is 10.1. The molecule has 2 aromatic heterocycles. The fourth-order valence-electron chi connectivity index (χ4n) is 3.06. The van der Waals surface area contributed by atoms with Crippen molar-refractivity contribution in [3.63, 3.8) is 0 Å². The van der Waals surface area contributed by atoms with Crippen molar-refractivity contribution in [3.05, 3.63) is 78.2 Å². The molecule has 2 aromatic carbocycles. The van der Waals surface area contributed by atoms with Gasteiger partial charge in [-0.3, -0.25) is 9.78 Å². The van der Waals surface area contributed by atoms with E-state index in [0.29, 0.717) is 11.4 Å². The fraction of sp³-hybridized carbons (Fsp3) is 0.0952. The van der Waals surface area contributed by atoms with Gasteiger partial charge < -0.3 is 16.0 Å². The van der Waals surface area contributed by atoms with Gasteiger partial charge in [-0.2, -0.15) is 0 Å². The standard InChI is InChI=1S/C21H19N5O/c22-21(27)15-7-5-14(6-8-15)19-12-23-13-20(26-19)24-10-9-16-11-25-18-4-2-1-3-17(16)18/h1-8,11-13,25H,9-10H2,(H2,22,27)(H,24,26). The van der Waals surface area contributed by atoms with E-state index in [9.17, 15) is 4.79 Å². The van der Waals surface area contributed by atoms with Gasteiger partial charge in [0.05, 0.1) is 18.1 Å². The van der Waals surface area contributed by atoms with E-state index in [-0.39, 0.29) is 0 Å². The van der Waals surface area contributed by atoms with Gasteiger partial charge >= 0.3 is 0 Å². The number of carbonyl (C=O) groups excluding carboxylic acids is 1. The SMILES string of the molecule is NC(=O)c1ccc(-c2cncc(NCCc3c[nH]c4ccccc34)n2)cc1. The van der Waals surface area contributed by atoms with Crippen molar-refractivity contribution < 1.29 is 4.79 Å². The van der Waals surface area contributed by atoms with Crippen LogP contribution in [0.4, 0.5) is 5.82 Å². The number of primary amides is 1. The average molecular weight is 357 g/mol. The van der Waals surface area contributed by atoms with Gasteiger partial charge in [0.2, 0.25) is 5.91 Å². The fourth-order valence-corrected chi connectivity index (χ4v) is 3.06. The van der Waals surface area contributed by atoms with Crippen LogP contribution in [-0.2, 0) is 6.42 Å². The molecule has 0 spiro atoms. The van der Waals surface area contributed by atoms with Crippen molar-refractivity contribution in [2.24, 2.45) is 5.73 Å². The molecule has 4 N–H and O–H groups in total. The summed E-state index contributed by atoms with van der Waals surface area (Å²) in [6, 6.07) is 15.3. The zero-order valence-corrected chi connectivity index (χ0v) is 14.6. The number of H-pyrrole nitrogens is 1. The van der Waals surface area contributed by atoms with Crippen molar-refractivity contribution in [2.45, 2.75) is 6.42 Å². The van der Waals surface area contributed by atoms with Gasteiger partial charge in [-0.15, -0.1) is 0 Å². The predicted octanol–water partition coefficient (Wildman–Crippen LogP) is 3.38. The molecule has 6 heteroatoms. The van der Waals surface area contributed by atoms with Gasteiger partial charge in [-0.25, -0.2) is 4.98 Å². The molecular formula is C21H19N5O. The van der Waals surface area contributed by atoms with Crippen molar-refractivity contribution in [3.8, 4) is 11.3 Å². The summed E-state index contributed by atoms with van der Waals surface area (Å²) in [5, 5.41) is 4.57. The molecule has 0 aliphatic carbocycles. The number of anilines is 1. The summed E-state index contributed by atoms with van der Waals surface area (Å²) in [5.74, 6) is 0.270. The van der Waals surface area contributed by atoms with Crippen LogP contribution in [0.1, 0.15) is 15.9 Å². The molecular weight excluding hydrogens is 338 g/mol. The number of fused-ring (bicyclic) bond motifs is 1. The smallest absolute Gasteiger partial charge is 0.248 e. The normalized spacial score (nSPS) is 10.8. The Bertz CT molecular complexity index is 1090. The van der Waals surface area contributed by atoms with Crippen LogP contribution in [0.5, 0.6) is 0 Å². The van der Waals surface area contributed by atoms with Crippen LogP contribution in [0.2, 0.25) is 0 Å². The number of aromatic amines is 1. The first kappa shape index (κ1) is 16.8. The number of hydrogen-bond donors (Lipinski definition) is 3. The van der Waals surface area contributed by atoms with E-state index < -0.39 is 5.91 Å². The van der Waals surface area contributed by atoms with Gasteiger partial charge in [0.25, 0.3) is 0 Å². The molecule has 0 saturated carbocycles. The third-order valence-electron chi connectivity index (χ3n) is 4.48.